The highest BCUT2D eigenvalue weighted by molar-refractivity contribution is 5.77. The number of rotatable bonds is 5. The molecule has 0 aliphatic heterocycles. The number of nitrogens with one attached hydrogen (secondary N) is 1. The molecule has 0 bridgehead atoms. The standard InChI is InChI=1S/C12H16N2O2/c13-10-2-1-3-11(6-10)16-8-12(15)14-7-9-4-5-9/h1-3,6,9H,4-5,7-8,13H2,(H,14,15). The number of hydrogen-bond donors (Lipinski definition) is 2. The molecule has 1 fully saturated rings. The highest BCUT2D eigenvalue weighted by Crippen LogP contribution is 2.27. The molecule has 1 aliphatic carbocycles. The second kappa shape index (κ2) is 4.88. The molecule has 16 heavy (non-hydrogen) atoms. The Morgan fingerprint density at radius 1 is 1.50 bits per heavy atom. The molecule has 2 rings (SSSR count). The Morgan fingerprint density at radius 2 is 2.31 bits per heavy atom. The third kappa shape index (κ3) is 3.46. The van der Waals surface area contributed by atoms with Crippen LogP contribution >= 0.6 is 0 Å². The highest BCUT2D eigenvalue weighted by atomic mass is 16.5. The smallest absolute Gasteiger partial charge is 0.257 e. The van der Waals surface area contributed by atoms with Gasteiger partial charge >= 0.3 is 0 Å². The van der Waals surface area contributed by atoms with Crippen molar-refractivity contribution in [3.63, 3.8) is 0 Å². The Morgan fingerprint density at radius 3 is 3.00 bits per heavy atom. The molecular weight excluding hydrogens is 204 g/mol. The monoisotopic (exact) mass is 220 g/mol. The maximum absolute atomic E-state index is 11.4. The number of anilines is 1. The molecule has 1 aliphatic rings. The van der Waals surface area contributed by atoms with Crippen molar-refractivity contribution >= 4 is 11.6 Å². The van der Waals surface area contributed by atoms with Gasteiger partial charge in [-0.1, -0.05) is 6.07 Å². The lowest BCUT2D eigenvalue weighted by atomic mass is 10.3. The number of amides is 1. The first-order valence-corrected chi connectivity index (χ1v) is 5.49. The Balaban J connectivity index is 1.71. The van der Waals surface area contributed by atoms with Crippen LogP contribution in [0.15, 0.2) is 24.3 Å². The zero-order valence-electron chi connectivity index (χ0n) is 9.11. The number of hydrogen-bond acceptors (Lipinski definition) is 3. The van der Waals surface area contributed by atoms with Gasteiger partial charge in [-0.15, -0.1) is 0 Å². The van der Waals surface area contributed by atoms with E-state index in [1.54, 1.807) is 24.3 Å². The van der Waals surface area contributed by atoms with Gasteiger partial charge in [0.25, 0.3) is 5.91 Å². The molecule has 4 heteroatoms. The third-order valence-corrected chi connectivity index (χ3v) is 2.51. The molecule has 3 N–H and O–H groups in total. The fourth-order valence-corrected chi connectivity index (χ4v) is 1.38. The molecule has 0 atom stereocenters. The van der Waals surface area contributed by atoms with Crippen molar-refractivity contribution in [1.82, 2.24) is 5.32 Å². The molecule has 4 nitrogen and oxygen atoms in total. The van der Waals surface area contributed by atoms with E-state index >= 15 is 0 Å². The second-order valence-electron chi connectivity index (χ2n) is 4.11. The summed E-state index contributed by atoms with van der Waals surface area (Å²) in [7, 11) is 0. The van der Waals surface area contributed by atoms with Gasteiger partial charge in [-0.05, 0) is 30.9 Å². The molecule has 0 radical (unpaired) electrons. The number of benzene rings is 1. The summed E-state index contributed by atoms with van der Waals surface area (Å²) < 4.78 is 5.31. The summed E-state index contributed by atoms with van der Waals surface area (Å²) in [5.41, 5.74) is 6.23. The molecular formula is C12H16N2O2. The summed E-state index contributed by atoms with van der Waals surface area (Å²) >= 11 is 0. The summed E-state index contributed by atoms with van der Waals surface area (Å²) in [6.07, 6.45) is 2.46. The maximum atomic E-state index is 11.4. The Bertz CT molecular complexity index is 375. The molecule has 0 spiro atoms. The van der Waals surface area contributed by atoms with Crippen molar-refractivity contribution in [1.29, 1.82) is 0 Å². The van der Waals surface area contributed by atoms with E-state index in [0.29, 0.717) is 17.4 Å². The molecule has 1 saturated carbocycles. The van der Waals surface area contributed by atoms with Crippen LogP contribution < -0.4 is 15.8 Å². The van der Waals surface area contributed by atoms with E-state index in [9.17, 15) is 4.79 Å². The lowest BCUT2D eigenvalue weighted by Gasteiger charge is -2.07. The van der Waals surface area contributed by atoms with Crippen molar-refractivity contribution < 1.29 is 9.53 Å². The predicted molar refractivity (Wildman–Crippen MR) is 62.1 cm³/mol. The van der Waals surface area contributed by atoms with Gasteiger partial charge in [0.05, 0.1) is 0 Å². The molecule has 1 aromatic carbocycles. The summed E-state index contributed by atoms with van der Waals surface area (Å²) in [6.45, 7) is 0.829. The third-order valence-electron chi connectivity index (χ3n) is 2.51. The largest absolute Gasteiger partial charge is 0.484 e. The zero-order valence-corrected chi connectivity index (χ0v) is 9.11. The number of ether oxygens (including phenoxy) is 1. The van der Waals surface area contributed by atoms with Crippen LogP contribution in [-0.2, 0) is 4.79 Å². The van der Waals surface area contributed by atoms with Crippen molar-refractivity contribution in [2.45, 2.75) is 12.8 Å². The first-order valence-electron chi connectivity index (χ1n) is 5.49. The molecule has 0 unspecified atom stereocenters. The van der Waals surface area contributed by atoms with E-state index in [-0.39, 0.29) is 12.5 Å². The van der Waals surface area contributed by atoms with Gasteiger partial charge in [0.15, 0.2) is 6.61 Å². The first kappa shape index (κ1) is 10.8. The van der Waals surface area contributed by atoms with Crippen molar-refractivity contribution in [3.8, 4) is 5.75 Å². The minimum Gasteiger partial charge on any atom is -0.484 e. The van der Waals surface area contributed by atoms with Gasteiger partial charge in [-0.25, -0.2) is 0 Å². The van der Waals surface area contributed by atoms with Crippen molar-refractivity contribution in [3.05, 3.63) is 24.3 Å². The molecule has 0 heterocycles. The van der Waals surface area contributed by atoms with E-state index in [2.05, 4.69) is 5.32 Å². The zero-order chi connectivity index (χ0) is 11.4. The van der Waals surface area contributed by atoms with E-state index in [4.69, 9.17) is 10.5 Å². The Labute approximate surface area is 94.8 Å². The molecule has 0 saturated heterocycles. The topological polar surface area (TPSA) is 64.3 Å². The van der Waals surface area contributed by atoms with E-state index in [1.165, 1.54) is 12.8 Å². The van der Waals surface area contributed by atoms with Gasteiger partial charge in [-0.3, -0.25) is 4.79 Å². The average molecular weight is 220 g/mol. The molecule has 86 valence electrons. The van der Waals surface area contributed by atoms with Gasteiger partial charge in [0.1, 0.15) is 5.75 Å². The Kier molecular flexibility index (Phi) is 3.29. The van der Waals surface area contributed by atoms with Gasteiger partial charge in [0, 0.05) is 18.3 Å². The fourth-order valence-electron chi connectivity index (χ4n) is 1.38. The van der Waals surface area contributed by atoms with Gasteiger partial charge in [-0.2, -0.15) is 0 Å². The fraction of sp³-hybridized carbons (Fsp3) is 0.417. The van der Waals surface area contributed by atoms with E-state index in [0.717, 1.165) is 6.54 Å². The lowest BCUT2D eigenvalue weighted by Crippen LogP contribution is -2.30. The van der Waals surface area contributed by atoms with E-state index in [1.807, 2.05) is 0 Å². The minimum atomic E-state index is -0.0747. The average Bonchev–Trinajstić information content (AvgIpc) is 3.07. The lowest BCUT2D eigenvalue weighted by molar-refractivity contribution is -0.123. The van der Waals surface area contributed by atoms with Crippen LogP contribution in [0.1, 0.15) is 12.8 Å². The van der Waals surface area contributed by atoms with Crippen molar-refractivity contribution in [2.75, 3.05) is 18.9 Å². The second-order valence-corrected chi connectivity index (χ2v) is 4.11. The molecule has 1 amide bonds. The maximum Gasteiger partial charge on any atom is 0.257 e. The van der Waals surface area contributed by atoms with E-state index < -0.39 is 0 Å². The van der Waals surface area contributed by atoms with Crippen LogP contribution in [0.5, 0.6) is 5.75 Å². The minimum absolute atomic E-state index is 0.0518. The van der Waals surface area contributed by atoms with Crippen LogP contribution in [0.2, 0.25) is 0 Å². The normalized spacial score (nSPS) is 14.5. The Hall–Kier alpha value is -1.71. The van der Waals surface area contributed by atoms with Gasteiger partial charge in [0.2, 0.25) is 0 Å². The highest BCUT2D eigenvalue weighted by Gasteiger charge is 2.21. The van der Waals surface area contributed by atoms with Crippen LogP contribution in [-0.4, -0.2) is 19.1 Å². The van der Waals surface area contributed by atoms with Crippen molar-refractivity contribution in [2.24, 2.45) is 5.92 Å². The molecule has 0 aromatic heterocycles. The summed E-state index contributed by atoms with van der Waals surface area (Å²) in [5.74, 6) is 1.24. The first-order chi connectivity index (χ1) is 7.74. The summed E-state index contributed by atoms with van der Waals surface area (Å²) in [6, 6.07) is 7.06. The number of carbonyl (C=O) groups is 1. The quantitative estimate of drug-likeness (QED) is 0.732. The SMILES string of the molecule is Nc1cccc(OCC(=O)NCC2CC2)c1. The summed E-state index contributed by atoms with van der Waals surface area (Å²) in [5, 5.41) is 2.83. The summed E-state index contributed by atoms with van der Waals surface area (Å²) in [4.78, 5) is 11.4. The van der Waals surface area contributed by atoms with Crippen LogP contribution in [0, 0.1) is 5.92 Å². The van der Waals surface area contributed by atoms with Crippen LogP contribution in [0.25, 0.3) is 0 Å². The molecule has 1 aromatic rings. The number of nitrogen functional groups attached to an aromatic ring is 1. The van der Waals surface area contributed by atoms with Gasteiger partial charge < -0.3 is 15.8 Å². The predicted octanol–water partition coefficient (Wildman–Crippen LogP) is 1.17. The number of nitrogens with two attached hydrogens (primary N) is 1. The van der Waals surface area contributed by atoms with Crippen LogP contribution in [0.3, 0.4) is 0 Å². The van der Waals surface area contributed by atoms with Crippen LogP contribution in [0.4, 0.5) is 5.69 Å². The number of carbonyl (C=O) groups excluding carboxylic acids is 1.